The molecule has 1 aromatic rings. The Morgan fingerprint density at radius 1 is 1.17 bits per heavy atom. The summed E-state index contributed by atoms with van der Waals surface area (Å²) in [5, 5.41) is 9.99. The van der Waals surface area contributed by atoms with Crippen LogP contribution in [0.3, 0.4) is 0 Å². The molecule has 1 saturated heterocycles. The molecule has 2 fully saturated rings. The molecule has 0 bridgehead atoms. The molecule has 1 heterocycles. The van der Waals surface area contributed by atoms with Crippen molar-refractivity contribution in [3.05, 3.63) is 35.9 Å². The summed E-state index contributed by atoms with van der Waals surface area (Å²) in [7, 11) is 0. The van der Waals surface area contributed by atoms with E-state index in [1.54, 1.807) is 6.07 Å². The van der Waals surface area contributed by atoms with Gasteiger partial charge in [0, 0.05) is 26.2 Å². The van der Waals surface area contributed by atoms with E-state index in [2.05, 4.69) is 38.7 Å². The van der Waals surface area contributed by atoms with Crippen LogP contribution in [0.5, 0.6) is 5.75 Å². The van der Waals surface area contributed by atoms with Gasteiger partial charge in [-0.3, -0.25) is 4.79 Å². The maximum atomic E-state index is 12.9. The Bertz CT molecular complexity index is 653. The second-order valence-electron chi connectivity index (χ2n) is 7.87. The van der Waals surface area contributed by atoms with Crippen molar-refractivity contribution in [2.75, 3.05) is 31.1 Å². The predicted molar refractivity (Wildman–Crippen MR) is 97.1 cm³/mol. The van der Waals surface area contributed by atoms with E-state index in [1.807, 2.05) is 23.1 Å². The number of hydrogen-bond acceptors (Lipinski definition) is 3. The van der Waals surface area contributed by atoms with Crippen LogP contribution in [-0.2, 0) is 4.79 Å². The molecule has 3 rings (SSSR count). The fraction of sp³-hybridized carbons (Fsp3) is 0.550. The first-order chi connectivity index (χ1) is 11.3. The number of carbonyl (C=O) groups is 1. The highest BCUT2D eigenvalue weighted by atomic mass is 16.3. The third-order valence-electron chi connectivity index (χ3n) is 5.50. The summed E-state index contributed by atoms with van der Waals surface area (Å²) >= 11 is 0. The number of phenols is 1. The Morgan fingerprint density at radius 2 is 1.79 bits per heavy atom. The number of carbonyl (C=O) groups excluding carboxylic acids is 1. The molecule has 2 aliphatic rings. The van der Waals surface area contributed by atoms with Crippen LogP contribution < -0.4 is 4.90 Å². The molecule has 24 heavy (non-hydrogen) atoms. The van der Waals surface area contributed by atoms with Crippen LogP contribution in [-0.4, -0.2) is 42.1 Å². The smallest absolute Gasteiger partial charge is 0.226 e. The maximum absolute atomic E-state index is 12.9. The van der Waals surface area contributed by atoms with Crippen molar-refractivity contribution in [3.63, 3.8) is 0 Å². The standard InChI is InChI=1S/C20H28N2O2/c1-14(2)13-15-18(20(15,3)4)19(24)22-11-9-21(10-12-22)16-7-5-6-8-17(16)23/h5-8,13,15,18,23H,9-12H2,1-4H3/t15-,18+/m0/s1. The van der Waals surface area contributed by atoms with E-state index in [1.165, 1.54) is 5.57 Å². The van der Waals surface area contributed by atoms with Gasteiger partial charge in [0.15, 0.2) is 0 Å². The fourth-order valence-corrected chi connectivity index (χ4v) is 3.92. The van der Waals surface area contributed by atoms with Crippen molar-refractivity contribution in [3.8, 4) is 5.75 Å². The summed E-state index contributed by atoms with van der Waals surface area (Å²) in [5.41, 5.74) is 2.22. The zero-order chi connectivity index (χ0) is 17.5. The van der Waals surface area contributed by atoms with Gasteiger partial charge < -0.3 is 14.9 Å². The van der Waals surface area contributed by atoms with Gasteiger partial charge in [0.1, 0.15) is 5.75 Å². The number of phenolic OH excluding ortho intramolecular Hbond substituents is 1. The van der Waals surface area contributed by atoms with Crippen LogP contribution in [0, 0.1) is 17.3 Å². The van der Waals surface area contributed by atoms with Crippen molar-refractivity contribution in [1.82, 2.24) is 4.90 Å². The first kappa shape index (κ1) is 16.9. The lowest BCUT2D eigenvalue weighted by atomic mass is 10.1. The minimum Gasteiger partial charge on any atom is -0.506 e. The first-order valence-electron chi connectivity index (χ1n) is 8.79. The van der Waals surface area contributed by atoms with Crippen LogP contribution in [0.15, 0.2) is 35.9 Å². The van der Waals surface area contributed by atoms with Gasteiger partial charge in [0.2, 0.25) is 5.91 Å². The number of para-hydroxylation sites is 2. The van der Waals surface area contributed by atoms with Gasteiger partial charge in [0.05, 0.1) is 11.6 Å². The number of aromatic hydroxyl groups is 1. The van der Waals surface area contributed by atoms with E-state index in [9.17, 15) is 9.90 Å². The molecule has 0 unspecified atom stereocenters. The van der Waals surface area contributed by atoms with E-state index in [0.717, 1.165) is 31.9 Å². The van der Waals surface area contributed by atoms with Gasteiger partial charge in [-0.2, -0.15) is 0 Å². The van der Waals surface area contributed by atoms with Gasteiger partial charge >= 0.3 is 0 Å². The Morgan fingerprint density at radius 3 is 2.38 bits per heavy atom. The normalized spacial score (nSPS) is 25.3. The van der Waals surface area contributed by atoms with E-state index in [-0.39, 0.29) is 11.3 Å². The third kappa shape index (κ3) is 3.02. The SMILES string of the molecule is CC(C)=C[C@H]1[C@H](C(=O)N2CCN(c3ccccc3O)CC2)C1(C)C. The Balaban J connectivity index is 1.62. The van der Waals surface area contributed by atoms with Crippen molar-refractivity contribution >= 4 is 11.6 Å². The summed E-state index contributed by atoms with van der Waals surface area (Å²) < 4.78 is 0. The van der Waals surface area contributed by atoms with E-state index in [0.29, 0.717) is 17.6 Å². The summed E-state index contributed by atoms with van der Waals surface area (Å²) in [6.45, 7) is 11.6. The summed E-state index contributed by atoms with van der Waals surface area (Å²) in [6, 6.07) is 7.41. The average molecular weight is 328 g/mol. The molecule has 4 heteroatoms. The molecule has 1 amide bonds. The molecule has 130 valence electrons. The number of hydrogen-bond donors (Lipinski definition) is 1. The molecule has 0 aromatic heterocycles. The molecular weight excluding hydrogens is 300 g/mol. The molecule has 1 aliphatic heterocycles. The predicted octanol–water partition coefficient (Wildman–Crippen LogP) is 3.28. The van der Waals surface area contributed by atoms with Crippen LogP contribution in [0.25, 0.3) is 0 Å². The van der Waals surface area contributed by atoms with Crippen LogP contribution in [0.2, 0.25) is 0 Å². The average Bonchev–Trinajstić information content (AvgIpc) is 3.07. The van der Waals surface area contributed by atoms with Crippen molar-refractivity contribution in [2.45, 2.75) is 27.7 Å². The number of piperazine rings is 1. The van der Waals surface area contributed by atoms with Crippen LogP contribution >= 0.6 is 0 Å². The van der Waals surface area contributed by atoms with Crippen molar-refractivity contribution < 1.29 is 9.90 Å². The van der Waals surface area contributed by atoms with Crippen molar-refractivity contribution in [2.24, 2.45) is 17.3 Å². The number of rotatable bonds is 3. The number of amides is 1. The zero-order valence-corrected chi connectivity index (χ0v) is 15.1. The zero-order valence-electron chi connectivity index (χ0n) is 15.1. The third-order valence-corrected chi connectivity index (χ3v) is 5.50. The first-order valence-corrected chi connectivity index (χ1v) is 8.79. The second-order valence-corrected chi connectivity index (χ2v) is 7.87. The summed E-state index contributed by atoms with van der Waals surface area (Å²) in [4.78, 5) is 17.1. The lowest BCUT2D eigenvalue weighted by Gasteiger charge is -2.36. The topological polar surface area (TPSA) is 43.8 Å². The number of allylic oxidation sites excluding steroid dienone is 2. The summed E-state index contributed by atoms with van der Waals surface area (Å²) in [6.07, 6.45) is 2.25. The lowest BCUT2D eigenvalue weighted by Crippen LogP contribution is -2.49. The highest BCUT2D eigenvalue weighted by Crippen LogP contribution is 2.60. The highest BCUT2D eigenvalue weighted by Gasteiger charge is 2.61. The minimum absolute atomic E-state index is 0.0726. The molecule has 1 aromatic carbocycles. The maximum Gasteiger partial charge on any atom is 0.226 e. The van der Waals surface area contributed by atoms with E-state index >= 15 is 0 Å². The minimum atomic E-state index is 0.0726. The largest absolute Gasteiger partial charge is 0.506 e. The molecule has 1 aliphatic carbocycles. The van der Waals surface area contributed by atoms with E-state index < -0.39 is 0 Å². The van der Waals surface area contributed by atoms with Crippen LogP contribution in [0.1, 0.15) is 27.7 Å². The molecule has 1 saturated carbocycles. The number of benzene rings is 1. The Hall–Kier alpha value is -1.97. The molecule has 1 N–H and O–H groups in total. The molecule has 4 nitrogen and oxygen atoms in total. The van der Waals surface area contributed by atoms with Crippen molar-refractivity contribution in [1.29, 1.82) is 0 Å². The van der Waals surface area contributed by atoms with Gasteiger partial charge in [0.25, 0.3) is 0 Å². The Kier molecular flexibility index (Phi) is 4.33. The molecule has 0 spiro atoms. The van der Waals surface area contributed by atoms with Gasteiger partial charge in [-0.1, -0.05) is 37.6 Å². The van der Waals surface area contributed by atoms with E-state index in [4.69, 9.17) is 0 Å². The summed E-state index contributed by atoms with van der Waals surface area (Å²) in [5.74, 6) is 1.08. The fourth-order valence-electron chi connectivity index (χ4n) is 3.92. The monoisotopic (exact) mass is 328 g/mol. The van der Waals surface area contributed by atoms with Gasteiger partial charge in [-0.15, -0.1) is 0 Å². The molecule has 0 radical (unpaired) electrons. The highest BCUT2D eigenvalue weighted by molar-refractivity contribution is 5.84. The lowest BCUT2D eigenvalue weighted by molar-refractivity contribution is -0.133. The Labute approximate surface area is 144 Å². The van der Waals surface area contributed by atoms with Gasteiger partial charge in [-0.25, -0.2) is 0 Å². The quantitative estimate of drug-likeness (QED) is 0.866. The number of nitrogens with zero attached hydrogens (tertiary/aromatic N) is 2. The number of anilines is 1. The molecular formula is C20H28N2O2. The van der Waals surface area contributed by atoms with Crippen LogP contribution in [0.4, 0.5) is 5.69 Å². The molecule has 2 atom stereocenters. The second kappa shape index (κ2) is 6.15. The van der Waals surface area contributed by atoms with Gasteiger partial charge in [-0.05, 0) is 37.3 Å².